The second-order valence-electron chi connectivity index (χ2n) is 6.58. The number of hydrogen-bond donors (Lipinski definition) is 1. The zero-order valence-electron chi connectivity index (χ0n) is 16.0. The van der Waals surface area contributed by atoms with Crippen LogP contribution in [-0.2, 0) is 18.3 Å². The van der Waals surface area contributed by atoms with Gasteiger partial charge in [0.1, 0.15) is 11.5 Å². The predicted molar refractivity (Wildman–Crippen MR) is 115 cm³/mol. The Labute approximate surface area is 176 Å². The van der Waals surface area contributed by atoms with Gasteiger partial charge in [0.05, 0.1) is 22.5 Å². The van der Waals surface area contributed by atoms with Gasteiger partial charge in [0, 0.05) is 30.5 Å². The van der Waals surface area contributed by atoms with Gasteiger partial charge >= 0.3 is 0 Å². The quantitative estimate of drug-likeness (QED) is 0.528. The summed E-state index contributed by atoms with van der Waals surface area (Å²) >= 11 is 6.30. The van der Waals surface area contributed by atoms with Crippen molar-refractivity contribution < 1.29 is 9.53 Å². The minimum atomic E-state index is -0.273. The van der Waals surface area contributed by atoms with Crippen molar-refractivity contribution in [3.8, 4) is 11.5 Å². The minimum absolute atomic E-state index is 0.0154. The SMILES string of the molecule is Cn1nc(CC(=O)Nc2ccc(Oc3ccncc3)c(Cl)c2)c2ccccc2c1=O. The molecule has 8 heteroatoms. The lowest BCUT2D eigenvalue weighted by Crippen LogP contribution is -2.24. The number of aryl methyl sites for hydroxylation is 1. The Hall–Kier alpha value is -3.71. The molecule has 7 nitrogen and oxygen atoms in total. The highest BCUT2D eigenvalue weighted by Gasteiger charge is 2.13. The van der Waals surface area contributed by atoms with E-state index >= 15 is 0 Å². The van der Waals surface area contributed by atoms with Gasteiger partial charge in [-0.1, -0.05) is 29.8 Å². The molecule has 0 aliphatic rings. The molecule has 0 atom stereocenters. The molecule has 0 spiro atoms. The molecule has 0 radical (unpaired) electrons. The summed E-state index contributed by atoms with van der Waals surface area (Å²) < 4.78 is 6.95. The molecule has 1 amide bonds. The zero-order chi connectivity index (χ0) is 21.1. The highest BCUT2D eigenvalue weighted by atomic mass is 35.5. The highest BCUT2D eigenvalue weighted by Crippen LogP contribution is 2.31. The van der Waals surface area contributed by atoms with Crippen molar-refractivity contribution in [2.75, 3.05) is 5.32 Å². The van der Waals surface area contributed by atoms with Crippen molar-refractivity contribution in [2.45, 2.75) is 6.42 Å². The largest absolute Gasteiger partial charge is 0.456 e. The van der Waals surface area contributed by atoms with Crippen LogP contribution >= 0.6 is 11.6 Å². The zero-order valence-corrected chi connectivity index (χ0v) is 16.8. The molecule has 150 valence electrons. The van der Waals surface area contributed by atoms with E-state index in [9.17, 15) is 9.59 Å². The first kappa shape index (κ1) is 19.6. The van der Waals surface area contributed by atoms with Crippen LogP contribution < -0.4 is 15.6 Å². The van der Waals surface area contributed by atoms with E-state index in [1.165, 1.54) is 4.68 Å². The lowest BCUT2D eigenvalue weighted by Gasteiger charge is -2.11. The number of amides is 1. The molecule has 1 N–H and O–H groups in total. The number of aromatic nitrogens is 3. The van der Waals surface area contributed by atoms with Gasteiger partial charge in [0.2, 0.25) is 5.91 Å². The Bertz CT molecular complexity index is 1290. The Morgan fingerprint density at radius 1 is 1.10 bits per heavy atom. The molecule has 0 bridgehead atoms. The maximum Gasteiger partial charge on any atom is 0.274 e. The number of ether oxygens (including phenoxy) is 1. The Morgan fingerprint density at radius 3 is 2.57 bits per heavy atom. The molecule has 0 fully saturated rings. The number of fused-ring (bicyclic) bond motifs is 1. The molecule has 0 saturated heterocycles. The van der Waals surface area contributed by atoms with E-state index in [0.717, 1.165) is 0 Å². The van der Waals surface area contributed by atoms with Crippen LogP contribution in [-0.4, -0.2) is 20.7 Å². The number of nitrogens with one attached hydrogen (secondary N) is 1. The van der Waals surface area contributed by atoms with Crippen molar-refractivity contribution in [2.24, 2.45) is 7.05 Å². The van der Waals surface area contributed by atoms with E-state index in [0.29, 0.717) is 38.7 Å². The first-order chi connectivity index (χ1) is 14.5. The summed E-state index contributed by atoms with van der Waals surface area (Å²) in [5.41, 5.74) is 0.849. The fourth-order valence-corrected chi connectivity index (χ4v) is 3.28. The summed E-state index contributed by atoms with van der Waals surface area (Å²) in [6.07, 6.45) is 3.26. The first-order valence-electron chi connectivity index (χ1n) is 9.13. The Morgan fingerprint density at radius 2 is 1.83 bits per heavy atom. The molecule has 4 rings (SSSR count). The van der Waals surface area contributed by atoms with Gasteiger partial charge in [0.15, 0.2) is 0 Å². The van der Waals surface area contributed by atoms with Crippen LogP contribution in [0.2, 0.25) is 5.02 Å². The number of nitrogens with zero attached hydrogens (tertiary/aromatic N) is 3. The van der Waals surface area contributed by atoms with Crippen molar-refractivity contribution in [3.05, 3.63) is 88.1 Å². The van der Waals surface area contributed by atoms with Crippen molar-refractivity contribution >= 4 is 34.0 Å². The van der Waals surface area contributed by atoms with Crippen LogP contribution in [0.1, 0.15) is 5.69 Å². The number of pyridine rings is 1. The van der Waals surface area contributed by atoms with Crippen molar-refractivity contribution in [1.29, 1.82) is 0 Å². The normalized spacial score (nSPS) is 10.7. The molecule has 0 unspecified atom stereocenters. The van der Waals surface area contributed by atoms with E-state index in [1.54, 1.807) is 68.0 Å². The minimum Gasteiger partial charge on any atom is -0.456 e. The lowest BCUT2D eigenvalue weighted by atomic mass is 10.1. The van der Waals surface area contributed by atoms with Gasteiger partial charge < -0.3 is 10.1 Å². The number of carbonyl (C=O) groups excluding carboxylic acids is 1. The Balaban J connectivity index is 1.51. The van der Waals surface area contributed by atoms with Gasteiger partial charge in [-0.05, 0) is 36.4 Å². The lowest BCUT2D eigenvalue weighted by molar-refractivity contribution is -0.115. The van der Waals surface area contributed by atoms with E-state index < -0.39 is 0 Å². The van der Waals surface area contributed by atoms with E-state index in [-0.39, 0.29) is 17.9 Å². The highest BCUT2D eigenvalue weighted by molar-refractivity contribution is 6.32. The average Bonchev–Trinajstić information content (AvgIpc) is 2.74. The van der Waals surface area contributed by atoms with E-state index in [1.807, 2.05) is 6.07 Å². The van der Waals surface area contributed by atoms with Crippen LogP contribution in [0.15, 0.2) is 71.8 Å². The average molecular weight is 421 g/mol. The Kier molecular flexibility index (Phi) is 5.45. The topological polar surface area (TPSA) is 86.1 Å². The maximum atomic E-state index is 12.6. The van der Waals surface area contributed by atoms with Crippen LogP contribution in [0.5, 0.6) is 11.5 Å². The van der Waals surface area contributed by atoms with E-state index in [2.05, 4.69) is 15.4 Å². The summed E-state index contributed by atoms with van der Waals surface area (Å²) in [6, 6.07) is 15.5. The number of anilines is 1. The van der Waals surface area contributed by atoms with Gasteiger partial charge in [-0.3, -0.25) is 14.6 Å². The second kappa shape index (κ2) is 8.34. The molecule has 0 aliphatic carbocycles. The fraction of sp³-hybridized carbons (Fsp3) is 0.0909. The van der Waals surface area contributed by atoms with Crippen LogP contribution in [0.4, 0.5) is 5.69 Å². The number of carbonyl (C=O) groups is 1. The predicted octanol–water partition coefficient (Wildman–Crippen LogP) is 3.96. The second-order valence-corrected chi connectivity index (χ2v) is 6.98. The summed E-state index contributed by atoms with van der Waals surface area (Å²) in [5, 5.41) is 8.60. The summed E-state index contributed by atoms with van der Waals surface area (Å²) in [6.45, 7) is 0. The molecule has 4 aromatic rings. The molecule has 2 aromatic carbocycles. The van der Waals surface area contributed by atoms with Crippen LogP contribution in [0.3, 0.4) is 0 Å². The summed E-state index contributed by atoms with van der Waals surface area (Å²) in [4.78, 5) is 28.8. The molecular weight excluding hydrogens is 404 g/mol. The molecule has 30 heavy (non-hydrogen) atoms. The standard InChI is InChI=1S/C22H17ClN4O3/c1-27-22(29)17-5-3-2-4-16(17)19(26-27)13-21(28)25-14-6-7-20(18(23)12-14)30-15-8-10-24-11-9-15/h2-12H,13H2,1H3,(H,25,28). The molecule has 2 aromatic heterocycles. The van der Waals surface area contributed by atoms with Crippen molar-refractivity contribution in [3.63, 3.8) is 0 Å². The molecule has 2 heterocycles. The van der Waals surface area contributed by atoms with Gasteiger partial charge in [0.25, 0.3) is 5.56 Å². The molecule has 0 aliphatic heterocycles. The third-order valence-electron chi connectivity index (χ3n) is 4.45. The van der Waals surface area contributed by atoms with E-state index in [4.69, 9.17) is 16.3 Å². The molecule has 0 saturated carbocycles. The van der Waals surface area contributed by atoms with Gasteiger partial charge in [-0.2, -0.15) is 5.10 Å². The van der Waals surface area contributed by atoms with Crippen LogP contribution in [0.25, 0.3) is 10.8 Å². The number of halogens is 1. The number of benzene rings is 2. The number of rotatable bonds is 5. The third kappa shape index (κ3) is 4.16. The molecular formula is C22H17ClN4O3. The summed E-state index contributed by atoms with van der Waals surface area (Å²) in [5.74, 6) is 0.799. The van der Waals surface area contributed by atoms with Gasteiger partial charge in [-0.15, -0.1) is 0 Å². The monoisotopic (exact) mass is 420 g/mol. The number of hydrogen-bond acceptors (Lipinski definition) is 5. The van der Waals surface area contributed by atoms with Gasteiger partial charge in [-0.25, -0.2) is 4.68 Å². The first-order valence-corrected chi connectivity index (χ1v) is 9.51. The van der Waals surface area contributed by atoms with Crippen LogP contribution in [0, 0.1) is 0 Å². The third-order valence-corrected chi connectivity index (χ3v) is 4.75. The summed E-state index contributed by atoms with van der Waals surface area (Å²) in [7, 11) is 1.57. The fourth-order valence-electron chi connectivity index (χ4n) is 3.06. The smallest absolute Gasteiger partial charge is 0.274 e. The maximum absolute atomic E-state index is 12.6. The van der Waals surface area contributed by atoms with Crippen molar-refractivity contribution in [1.82, 2.24) is 14.8 Å².